The number of aromatic nitrogens is 2. The summed E-state index contributed by atoms with van der Waals surface area (Å²) in [4.78, 5) is 8.19. The third kappa shape index (κ3) is 2.26. The fourth-order valence-corrected chi connectivity index (χ4v) is 3.48. The molecule has 4 heteroatoms. The molecule has 1 aliphatic rings. The minimum absolute atomic E-state index is 0.315. The van der Waals surface area contributed by atoms with E-state index in [1.165, 1.54) is 5.56 Å². The van der Waals surface area contributed by atoms with Crippen molar-refractivity contribution in [2.24, 2.45) is 0 Å². The SMILES string of the molecule is CC1(c2ccccc2)Nc2cc3nc(-c4ccccc4)[nH]c3cc2N1. The fourth-order valence-electron chi connectivity index (χ4n) is 3.48. The average molecular weight is 326 g/mol. The van der Waals surface area contributed by atoms with Crippen molar-refractivity contribution < 1.29 is 0 Å². The lowest BCUT2D eigenvalue weighted by atomic mass is 10.0. The van der Waals surface area contributed by atoms with E-state index in [1.54, 1.807) is 0 Å². The van der Waals surface area contributed by atoms with Gasteiger partial charge in [-0.2, -0.15) is 0 Å². The third-order valence-electron chi connectivity index (χ3n) is 4.79. The van der Waals surface area contributed by atoms with Crippen molar-refractivity contribution >= 4 is 22.4 Å². The Morgan fingerprint density at radius 2 is 1.44 bits per heavy atom. The zero-order valence-corrected chi connectivity index (χ0v) is 13.9. The minimum atomic E-state index is -0.315. The number of nitrogens with zero attached hydrogens (tertiary/aromatic N) is 1. The van der Waals surface area contributed by atoms with Gasteiger partial charge in [0.1, 0.15) is 11.5 Å². The average Bonchev–Trinajstić information content (AvgIpc) is 3.21. The summed E-state index contributed by atoms with van der Waals surface area (Å²) in [6.07, 6.45) is 0. The molecule has 1 aliphatic heterocycles. The molecule has 0 radical (unpaired) electrons. The van der Waals surface area contributed by atoms with Crippen molar-refractivity contribution in [1.82, 2.24) is 9.97 Å². The molecule has 0 saturated heterocycles. The highest BCUT2D eigenvalue weighted by Gasteiger charge is 2.33. The van der Waals surface area contributed by atoms with Gasteiger partial charge in [-0.1, -0.05) is 60.7 Å². The standard InChI is InChI=1S/C21H18N4/c1-21(15-10-6-3-7-11-15)24-18-12-16-17(13-19(18)25-21)23-20(22-16)14-8-4-2-5-9-14/h2-13,24-25H,1H3,(H,22,23). The van der Waals surface area contributed by atoms with E-state index in [-0.39, 0.29) is 5.66 Å². The number of aromatic amines is 1. The molecule has 0 saturated carbocycles. The molecule has 0 bridgehead atoms. The van der Waals surface area contributed by atoms with E-state index in [2.05, 4.69) is 71.1 Å². The molecule has 4 aromatic rings. The number of H-pyrrole nitrogens is 1. The number of anilines is 2. The molecule has 25 heavy (non-hydrogen) atoms. The summed E-state index contributed by atoms with van der Waals surface area (Å²) in [5.41, 5.74) is 6.13. The zero-order chi connectivity index (χ0) is 16.9. The summed E-state index contributed by atoms with van der Waals surface area (Å²) in [6, 6.07) is 24.8. The van der Waals surface area contributed by atoms with Gasteiger partial charge in [0.25, 0.3) is 0 Å². The van der Waals surface area contributed by atoms with Crippen LogP contribution in [-0.2, 0) is 5.66 Å². The Labute approximate surface area is 145 Å². The first-order chi connectivity index (χ1) is 12.2. The summed E-state index contributed by atoms with van der Waals surface area (Å²) < 4.78 is 0. The summed E-state index contributed by atoms with van der Waals surface area (Å²) >= 11 is 0. The number of fused-ring (bicyclic) bond motifs is 2. The van der Waals surface area contributed by atoms with E-state index in [0.29, 0.717) is 0 Å². The first-order valence-electron chi connectivity index (χ1n) is 8.42. The molecule has 122 valence electrons. The Hall–Kier alpha value is -3.27. The van der Waals surface area contributed by atoms with Crippen LogP contribution >= 0.6 is 0 Å². The van der Waals surface area contributed by atoms with Gasteiger partial charge in [0, 0.05) is 5.56 Å². The zero-order valence-electron chi connectivity index (χ0n) is 13.9. The number of benzene rings is 3. The number of imidazole rings is 1. The summed E-state index contributed by atoms with van der Waals surface area (Å²) in [6.45, 7) is 2.15. The largest absolute Gasteiger partial charge is 0.358 e. The van der Waals surface area contributed by atoms with Gasteiger partial charge in [-0.3, -0.25) is 0 Å². The second kappa shape index (κ2) is 5.11. The van der Waals surface area contributed by atoms with E-state index >= 15 is 0 Å². The molecule has 2 heterocycles. The van der Waals surface area contributed by atoms with E-state index in [1.807, 2.05) is 24.3 Å². The van der Waals surface area contributed by atoms with Gasteiger partial charge in [0.15, 0.2) is 0 Å². The number of hydrogen-bond acceptors (Lipinski definition) is 3. The van der Waals surface area contributed by atoms with Gasteiger partial charge in [-0.05, 0) is 24.6 Å². The molecule has 1 atom stereocenters. The number of rotatable bonds is 2. The smallest absolute Gasteiger partial charge is 0.138 e. The molecule has 1 unspecified atom stereocenters. The van der Waals surface area contributed by atoms with Crippen molar-refractivity contribution in [3.63, 3.8) is 0 Å². The molecule has 0 amide bonds. The van der Waals surface area contributed by atoms with Crippen molar-refractivity contribution in [3.8, 4) is 11.4 Å². The monoisotopic (exact) mass is 326 g/mol. The second-order valence-corrected chi connectivity index (χ2v) is 6.61. The normalized spacial score (nSPS) is 14.8. The molecule has 3 aromatic carbocycles. The Morgan fingerprint density at radius 3 is 2.16 bits per heavy atom. The lowest BCUT2D eigenvalue weighted by molar-refractivity contribution is 0.651. The van der Waals surface area contributed by atoms with E-state index in [9.17, 15) is 0 Å². The van der Waals surface area contributed by atoms with Crippen LogP contribution in [0.5, 0.6) is 0 Å². The fraction of sp³-hybridized carbons (Fsp3) is 0.0952. The maximum absolute atomic E-state index is 4.76. The second-order valence-electron chi connectivity index (χ2n) is 6.61. The predicted molar refractivity (Wildman–Crippen MR) is 103 cm³/mol. The van der Waals surface area contributed by atoms with Gasteiger partial charge in [0.2, 0.25) is 0 Å². The molecule has 0 aliphatic carbocycles. The first kappa shape index (κ1) is 14.1. The highest BCUT2D eigenvalue weighted by molar-refractivity contribution is 5.92. The van der Waals surface area contributed by atoms with Crippen LogP contribution < -0.4 is 10.6 Å². The predicted octanol–water partition coefficient (Wildman–Crippen LogP) is 4.94. The third-order valence-corrected chi connectivity index (χ3v) is 4.79. The number of hydrogen-bond donors (Lipinski definition) is 3. The van der Waals surface area contributed by atoms with Crippen LogP contribution in [0.2, 0.25) is 0 Å². The van der Waals surface area contributed by atoms with Gasteiger partial charge in [-0.25, -0.2) is 4.98 Å². The minimum Gasteiger partial charge on any atom is -0.358 e. The van der Waals surface area contributed by atoms with Crippen molar-refractivity contribution in [1.29, 1.82) is 0 Å². The van der Waals surface area contributed by atoms with Crippen LogP contribution in [0.1, 0.15) is 12.5 Å². The van der Waals surface area contributed by atoms with E-state index in [0.717, 1.165) is 33.8 Å². The molecule has 0 fully saturated rings. The Morgan fingerprint density at radius 1 is 0.800 bits per heavy atom. The van der Waals surface area contributed by atoms with E-state index in [4.69, 9.17) is 4.98 Å². The van der Waals surface area contributed by atoms with Crippen LogP contribution in [-0.4, -0.2) is 9.97 Å². The van der Waals surface area contributed by atoms with Crippen LogP contribution in [0, 0.1) is 0 Å². The van der Waals surface area contributed by atoms with E-state index < -0.39 is 0 Å². The molecule has 4 nitrogen and oxygen atoms in total. The summed E-state index contributed by atoms with van der Waals surface area (Å²) in [5.74, 6) is 0.894. The molecule has 1 aromatic heterocycles. The van der Waals surface area contributed by atoms with Crippen LogP contribution in [0.3, 0.4) is 0 Å². The highest BCUT2D eigenvalue weighted by Crippen LogP contribution is 2.41. The molecular weight excluding hydrogens is 308 g/mol. The van der Waals surface area contributed by atoms with Crippen molar-refractivity contribution in [2.75, 3.05) is 10.6 Å². The highest BCUT2D eigenvalue weighted by atomic mass is 15.3. The molecular formula is C21H18N4. The topological polar surface area (TPSA) is 52.7 Å². The Bertz CT molecular complexity index is 1010. The van der Waals surface area contributed by atoms with Gasteiger partial charge >= 0.3 is 0 Å². The summed E-state index contributed by atoms with van der Waals surface area (Å²) in [7, 11) is 0. The first-order valence-corrected chi connectivity index (χ1v) is 8.42. The van der Waals surface area contributed by atoms with Gasteiger partial charge in [0.05, 0.1) is 22.4 Å². The molecule has 0 spiro atoms. The van der Waals surface area contributed by atoms with Crippen molar-refractivity contribution in [2.45, 2.75) is 12.6 Å². The molecule has 5 rings (SSSR count). The van der Waals surface area contributed by atoms with Crippen LogP contribution in [0.25, 0.3) is 22.4 Å². The maximum Gasteiger partial charge on any atom is 0.138 e. The molecule has 3 N–H and O–H groups in total. The Kier molecular flexibility index (Phi) is 2.88. The maximum atomic E-state index is 4.76. The Balaban J connectivity index is 1.55. The van der Waals surface area contributed by atoms with Gasteiger partial charge < -0.3 is 15.6 Å². The van der Waals surface area contributed by atoms with Crippen LogP contribution in [0.15, 0.2) is 72.8 Å². The number of nitrogens with one attached hydrogen (secondary N) is 3. The lowest BCUT2D eigenvalue weighted by Crippen LogP contribution is -2.34. The quantitative estimate of drug-likeness (QED) is 0.489. The lowest BCUT2D eigenvalue weighted by Gasteiger charge is -2.26. The summed E-state index contributed by atoms with van der Waals surface area (Å²) in [5, 5.41) is 7.21. The van der Waals surface area contributed by atoms with Crippen LogP contribution in [0.4, 0.5) is 11.4 Å². The van der Waals surface area contributed by atoms with Crippen molar-refractivity contribution in [3.05, 3.63) is 78.4 Å². The van der Waals surface area contributed by atoms with Gasteiger partial charge in [-0.15, -0.1) is 0 Å².